The Balaban J connectivity index is 2.92. The van der Waals surface area contributed by atoms with Gasteiger partial charge in [0.15, 0.2) is 10.3 Å². The molecule has 0 radical (unpaired) electrons. The number of aromatic nitrogens is 2. The fraction of sp³-hybridized carbons (Fsp3) is 0.125. The molecule has 78 valence electrons. The highest BCUT2D eigenvalue weighted by Gasteiger charge is 2.18. The number of rotatable bonds is 1. The molecular weight excluding hydrogens is 330 g/mol. The Hall–Kier alpha value is -0.950. The van der Waals surface area contributed by atoms with Gasteiger partial charge >= 0.3 is 0 Å². The number of imidazole rings is 1. The van der Waals surface area contributed by atoms with Gasteiger partial charge in [0.2, 0.25) is 0 Å². The van der Waals surface area contributed by atoms with E-state index in [0.29, 0.717) is 20.2 Å². The van der Waals surface area contributed by atoms with E-state index in [9.17, 15) is 10.1 Å². The van der Waals surface area contributed by atoms with Crippen molar-refractivity contribution >= 4 is 48.6 Å². The molecule has 5 nitrogen and oxygen atoms in total. The molecule has 0 aliphatic rings. The van der Waals surface area contributed by atoms with Crippen LogP contribution in [0.1, 0.15) is 0 Å². The lowest BCUT2D eigenvalue weighted by Crippen LogP contribution is -1.91. The molecule has 0 N–H and O–H groups in total. The van der Waals surface area contributed by atoms with Crippen LogP contribution in [0.3, 0.4) is 0 Å². The molecule has 0 atom stereocenters. The van der Waals surface area contributed by atoms with Crippen LogP contribution in [0.5, 0.6) is 0 Å². The van der Waals surface area contributed by atoms with Crippen molar-refractivity contribution in [3.05, 3.63) is 31.5 Å². The van der Waals surface area contributed by atoms with Crippen LogP contribution in [-0.4, -0.2) is 14.5 Å². The zero-order chi connectivity index (χ0) is 11.2. The average Bonchev–Trinajstić information content (AvgIpc) is 2.43. The van der Waals surface area contributed by atoms with Crippen molar-refractivity contribution in [2.75, 3.05) is 0 Å². The molecule has 15 heavy (non-hydrogen) atoms. The zero-order valence-electron chi connectivity index (χ0n) is 7.57. The molecule has 0 aliphatic carbocycles. The first-order valence-corrected chi connectivity index (χ1v) is 5.55. The fourth-order valence-corrected chi connectivity index (χ4v) is 2.15. The maximum absolute atomic E-state index is 10.8. The summed E-state index contributed by atoms with van der Waals surface area (Å²) < 4.78 is 2.98. The summed E-state index contributed by atoms with van der Waals surface area (Å²) in [5.74, 6) is 0. The summed E-state index contributed by atoms with van der Waals surface area (Å²) in [6.07, 6.45) is 0. The number of halogens is 2. The highest BCUT2D eigenvalue weighted by molar-refractivity contribution is 9.10. The third-order valence-corrected chi connectivity index (χ3v) is 3.24. The van der Waals surface area contributed by atoms with Gasteiger partial charge in [0.25, 0.3) is 5.69 Å². The van der Waals surface area contributed by atoms with Crippen molar-refractivity contribution in [1.29, 1.82) is 0 Å². The maximum Gasteiger partial charge on any atom is 0.298 e. The Kier molecular flexibility index (Phi) is 2.51. The molecule has 1 heterocycles. The Morgan fingerprint density at radius 1 is 1.47 bits per heavy atom. The van der Waals surface area contributed by atoms with Crippen LogP contribution < -0.4 is 0 Å². The largest absolute Gasteiger partial charge is 0.321 e. The maximum atomic E-state index is 10.8. The highest BCUT2D eigenvalue weighted by atomic mass is 79.9. The van der Waals surface area contributed by atoms with Gasteiger partial charge in [-0.15, -0.1) is 0 Å². The number of aryl methyl sites for hydroxylation is 1. The average molecular weight is 335 g/mol. The summed E-state index contributed by atoms with van der Waals surface area (Å²) in [6, 6.07) is 3.24. The van der Waals surface area contributed by atoms with Gasteiger partial charge in [-0.25, -0.2) is 4.98 Å². The Labute approximate surface area is 102 Å². The van der Waals surface area contributed by atoms with Gasteiger partial charge in [-0.2, -0.15) is 0 Å². The van der Waals surface area contributed by atoms with Crippen LogP contribution in [0.25, 0.3) is 11.0 Å². The summed E-state index contributed by atoms with van der Waals surface area (Å²) >= 11 is 6.46. The number of benzene rings is 1. The minimum Gasteiger partial charge on any atom is -0.321 e. The van der Waals surface area contributed by atoms with Crippen molar-refractivity contribution < 1.29 is 4.92 Å². The third-order valence-electron chi connectivity index (χ3n) is 2.07. The molecule has 7 heteroatoms. The summed E-state index contributed by atoms with van der Waals surface area (Å²) in [7, 11) is 1.79. The SMILES string of the molecule is Cn1c(Br)nc2c([N+](=O)[O-])cc(Br)cc21. The lowest BCUT2D eigenvalue weighted by atomic mass is 10.3. The second-order valence-electron chi connectivity index (χ2n) is 2.99. The van der Waals surface area contributed by atoms with E-state index in [1.54, 1.807) is 17.7 Å². The molecule has 1 aromatic carbocycles. The van der Waals surface area contributed by atoms with E-state index in [1.165, 1.54) is 6.07 Å². The lowest BCUT2D eigenvalue weighted by Gasteiger charge is -1.97. The lowest BCUT2D eigenvalue weighted by molar-refractivity contribution is -0.383. The number of hydrogen-bond acceptors (Lipinski definition) is 3. The number of non-ortho nitro benzene ring substituents is 1. The second-order valence-corrected chi connectivity index (χ2v) is 4.61. The number of hydrogen-bond donors (Lipinski definition) is 0. The van der Waals surface area contributed by atoms with E-state index < -0.39 is 4.92 Å². The molecule has 0 spiro atoms. The van der Waals surface area contributed by atoms with E-state index in [1.807, 2.05) is 0 Å². The van der Waals surface area contributed by atoms with Gasteiger partial charge in [-0.1, -0.05) is 15.9 Å². The van der Waals surface area contributed by atoms with Crippen LogP contribution >= 0.6 is 31.9 Å². The summed E-state index contributed by atoms with van der Waals surface area (Å²) in [5, 5.41) is 10.8. The Morgan fingerprint density at radius 3 is 2.73 bits per heavy atom. The summed E-state index contributed by atoms with van der Waals surface area (Å²) in [4.78, 5) is 14.5. The van der Waals surface area contributed by atoms with Gasteiger partial charge in [-0.3, -0.25) is 10.1 Å². The molecule has 2 rings (SSSR count). The molecule has 2 aromatic rings. The first kappa shape index (κ1) is 10.6. The third kappa shape index (κ3) is 1.65. The van der Waals surface area contributed by atoms with Gasteiger partial charge in [-0.05, 0) is 22.0 Å². The molecule has 0 saturated heterocycles. The van der Waals surface area contributed by atoms with Crippen LogP contribution in [0.2, 0.25) is 0 Å². The fourth-order valence-electron chi connectivity index (χ4n) is 1.35. The topological polar surface area (TPSA) is 61.0 Å². The van der Waals surface area contributed by atoms with Gasteiger partial charge in [0.05, 0.1) is 10.4 Å². The van der Waals surface area contributed by atoms with Crippen LogP contribution in [-0.2, 0) is 7.05 Å². The molecular formula is C8H5Br2N3O2. The first-order valence-electron chi connectivity index (χ1n) is 3.96. The Morgan fingerprint density at radius 2 is 2.13 bits per heavy atom. The van der Waals surface area contributed by atoms with Crippen molar-refractivity contribution in [3.8, 4) is 0 Å². The van der Waals surface area contributed by atoms with E-state index in [2.05, 4.69) is 36.8 Å². The molecule has 0 bridgehead atoms. The normalized spacial score (nSPS) is 10.9. The zero-order valence-corrected chi connectivity index (χ0v) is 10.7. The standard InChI is InChI=1S/C8H5Br2N3O2/c1-12-5-2-4(9)3-6(13(14)15)7(5)11-8(12)10/h2-3H,1H3. The highest BCUT2D eigenvalue weighted by Crippen LogP contribution is 2.30. The van der Waals surface area contributed by atoms with E-state index in [4.69, 9.17) is 0 Å². The van der Waals surface area contributed by atoms with E-state index in [0.717, 1.165) is 0 Å². The molecule has 0 saturated carbocycles. The monoisotopic (exact) mass is 333 g/mol. The van der Waals surface area contributed by atoms with Crippen LogP contribution in [0.4, 0.5) is 5.69 Å². The van der Waals surface area contributed by atoms with E-state index in [-0.39, 0.29) is 5.69 Å². The predicted octanol–water partition coefficient (Wildman–Crippen LogP) is 3.01. The van der Waals surface area contributed by atoms with Gasteiger partial charge in [0, 0.05) is 17.6 Å². The minimum absolute atomic E-state index is 0.000625. The Bertz CT molecular complexity index is 565. The van der Waals surface area contributed by atoms with Gasteiger partial charge < -0.3 is 4.57 Å². The summed E-state index contributed by atoms with van der Waals surface area (Å²) in [6.45, 7) is 0. The molecule has 0 unspecified atom stereocenters. The molecule has 0 aliphatic heterocycles. The van der Waals surface area contributed by atoms with Crippen LogP contribution in [0.15, 0.2) is 21.3 Å². The van der Waals surface area contributed by atoms with E-state index >= 15 is 0 Å². The molecule has 1 aromatic heterocycles. The predicted molar refractivity (Wildman–Crippen MR) is 62.8 cm³/mol. The number of fused-ring (bicyclic) bond motifs is 1. The van der Waals surface area contributed by atoms with Gasteiger partial charge in [0.1, 0.15) is 0 Å². The number of nitro groups is 1. The summed E-state index contributed by atoms with van der Waals surface area (Å²) in [5.41, 5.74) is 1.10. The minimum atomic E-state index is -0.438. The quantitative estimate of drug-likeness (QED) is 0.595. The van der Waals surface area contributed by atoms with Crippen molar-refractivity contribution in [2.45, 2.75) is 0 Å². The molecule has 0 fully saturated rings. The number of nitrogens with zero attached hydrogens (tertiary/aromatic N) is 3. The smallest absolute Gasteiger partial charge is 0.298 e. The van der Waals surface area contributed by atoms with Crippen molar-refractivity contribution in [3.63, 3.8) is 0 Å². The van der Waals surface area contributed by atoms with Crippen molar-refractivity contribution in [1.82, 2.24) is 9.55 Å². The molecule has 0 amide bonds. The second kappa shape index (κ2) is 3.57. The van der Waals surface area contributed by atoms with Crippen LogP contribution in [0, 0.1) is 10.1 Å². The van der Waals surface area contributed by atoms with Crippen molar-refractivity contribution in [2.24, 2.45) is 7.05 Å². The number of nitro benzene ring substituents is 1. The first-order chi connectivity index (χ1) is 7.00.